The van der Waals surface area contributed by atoms with E-state index >= 15 is 0 Å². The van der Waals surface area contributed by atoms with Crippen molar-refractivity contribution in [3.63, 3.8) is 0 Å². The minimum atomic E-state index is -0.461. The van der Waals surface area contributed by atoms with E-state index in [1.807, 2.05) is 36.6 Å². The van der Waals surface area contributed by atoms with Gasteiger partial charge in [0.05, 0.1) is 0 Å². The average molecular weight is 268 g/mol. The van der Waals surface area contributed by atoms with Crippen LogP contribution in [0.2, 0.25) is 0 Å². The maximum atomic E-state index is 11.8. The highest BCUT2D eigenvalue weighted by atomic mass is 32.2. The Labute approximate surface area is 110 Å². The molecule has 1 heterocycles. The van der Waals surface area contributed by atoms with Gasteiger partial charge >= 0.3 is 6.09 Å². The van der Waals surface area contributed by atoms with Gasteiger partial charge in [-0.05, 0) is 17.5 Å². The van der Waals surface area contributed by atoms with Crippen LogP contribution < -0.4 is 11.4 Å². The molecule has 0 aromatic heterocycles. The van der Waals surface area contributed by atoms with Crippen molar-refractivity contribution < 1.29 is 9.53 Å². The van der Waals surface area contributed by atoms with Crippen molar-refractivity contribution in [2.75, 3.05) is 13.3 Å². The topological polar surface area (TPSA) is 70.8 Å². The summed E-state index contributed by atoms with van der Waals surface area (Å²) in [6.45, 7) is 0. The van der Waals surface area contributed by atoms with E-state index in [1.54, 1.807) is 16.4 Å². The van der Waals surface area contributed by atoms with Gasteiger partial charge in [0.2, 0.25) is 0 Å². The number of cyclic esters (lactones) is 1. The van der Waals surface area contributed by atoms with Crippen molar-refractivity contribution in [3.05, 3.63) is 35.9 Å². The molecule has 6 nitrogen and oxygen atoms in total. The number of carbonyl (C=O) groups excluding carboxylic acids is 1. The maximum absolute atomic E-state index is 11.8. The monoisotopic (exact) mass is 268 g/mol. The molecule has 1 aromatic rings. The number of hydrogen-bond acceptors (Lipinski definition) is 6. The fourth-order valence-electron chi connectivity index (χ4n) is 1.95. The summed E-state index contributed by atoms with van der Waals surface area (Å²) in [6.07, 6.45) is 1.02. The zero-order valence-electron chi connectivity index (χ0n) is 10.2. The number of nitrogens with two attached hydrogens (primary N) is 1. The molecule has 1 amide bonds. The smallest absolute Gasteiger partial charge is 0.422 e. The van der Waals surface area contributed by atoms with E-state index in [-0.39, 0.29) is 12.1 Å². The van der Waals surface area contributed by atoms with Crippen LogP contribution in [0.15, 0.2) is 30.3 Å². The third-order valence-electron chi connectivity index (χ3n) is 2.85. The Morgan fingerprint density at radius 2 is 2.11 bits per heavy atom. The van der Waals surface area contributed by atoms with Crippen molar-refractivity contribution in [2.45, 2.75) is 12.3 Å². The van der Waals surface area contributed by atoms with Crippen LogP contribution in [0.3, 0.4) is 0 Å². The lowest BCUT2D eigenvalue weighted by Crippen LogP contribution is -2.49. The van der Waals surface area contributed by atoms with E-state index < -0.39 is 6.23 Å². The van der Waals surface area contributed by atoms with Gasteiger partial charge in [-0.15, -0.1) is 0 Å². The predicted molar refractivity (Wildman–Crippen MR) is 69.9 cm³/mol. The number of benzene rings is 1. The summed E-state index contributed by atoms with van der Waals surface area (Å²) in [5.41, 5.74) is 3.50. The predicted octanol–water partition coefficient (Wildman–Crippen LogP) is 1.09. The Kier molecular flexibility index (Phi) is 4.07. The molecule has 1 aliphatic heterocycles. The molecular weight excluding hydrogens is 252 g/mol. The van der Waals surface area contributed by atoms with Crippen LogP contribution in [-0.2, 0) is 4.74 Å². The van der Waals surface area contributed by atoms with Crippen LogP contribution in [0.5, 0.6) is 0 Å². The Bertz CT molecular complexity index is 417. The van der Waals surface area contributed by atoms with Gasteiger partial charge in [0.25, 0.3) is 0 Å². The minimum Gasteiger partial charge on any atom is -0.425 e. The summed E-state index contributed by atoms with van der Waals surface area (Å²) in [4.78, 5) is 11.8. The Hall–Kier alpha value is -1.28. The van der Waals surface area contributed by atoms with Gasteiger partial charge in [-0.2, -0.15) is 10.5 Å². The molecule has 0 aliphatic carbocycles. The van der Waals surface area contributed by atoms with Crippen molar-refractivity contribution in [1.29, 1.82) is 0 Å². The summed E-state index contributed by atoms with van der Waals surface area (Å²) in [5.74, 6) is 5.38. The molecule has 0 radical (unpaired) electrons. The number of nitrogens with zero attached hydrogens (tertiary/aromatic N) is 2. The van der Waals surface area contributed by atoms with Gasteiger partial charge in [0.1, 0.15) is 6.04 Å². The number of ether oxygens (including phenoxy) is 1. The second kappa shape index (κ2) is 5.57. The van der Waals surface area contributed by atoms with Crippen LogP contribution in [0.25, 0.3) is 0 Å². The molecule has 0 saturated carbocycles. The lowest BCUT2D eigenvalue weighted by Gasteiger charge is -2.28. The van der Waals surface area contributed by atoms with E-state index in [1.165, 1.54) is 11.9 Å². The third kappa shape index (κ3) is 2.30. The number of nitrogens with one attached hydrogen (secondary N) is 1. The van der Waals surface area contributed by atoms with E-state index in [9.17, 15) is 4.79 Å². The van der Waals surface area contributed by atoms with Gasteiger partial charge < -0.3 is 4.74 Å². The number of hydrogen-bond donors (Lipinski definition) is 2. The Morgan fingerprint density at radius 1 is 1.44 bits per heavy atom. The zero-order valence-corrected chi connectivity index (χ0v) is 11.1. The standard InChI is InChI=1S/C11H16N4O2S/c1-14(13-12)10-9(8-6-4-3-5-7-8)15(18-2)11(16)17-10/h3-7,9-10,13H,12H2,1-2H3/t9-,10+/m0/s1. The molecule has 2 rings (SSSR count). The molecule has 18 heavy (non-hydrogen) atoms. The molecule has 1 aliphatic rings. The third-order valence-corrected chi connectivity index (χ3v) is 3.62. The summed E-state index contributed by atoms with van der Waals surface area (Å²) in [7, 11) is 1.73. The van der Waals surface area contributed by atoms with Crippen LogP contribution in [0.4, 0.5) is 4.79 Å². The van der Waals surface area contributed by atoms with Crippen LogP contribution >= 0.6 is 11.9 Å². The number of rotatable bonds is 4. The van der Waals surface area contributed by atoms with Crippen molar-refractivity contribution in [3.8, 4) is 0 Å². The zero-order chi connectivity index (χ0) is 13.1. The highest BCUT2D eigenvalue weighted by Crippen LogP contribution is 2.37. The number of likely N-dealkylation sites (N-methyl/N-ethyl adjacent to an activating group) is 1. The first-order valence-electron chi connectivity index (χ1n) is 5.47. The van der Waals surface area contributed by atoms with Gasteiger partial charge in [-0.3, -0.25) is 5.84 Å². The SMILES string of the molecule is CSN1C(=O)O[C@@H](N(C)NN)[C@@H]1c1ccccc1. The largest absolute Gasteiger partial charge is 0.425 e. The number of hydrazine groups is 2. The van der Waals surface area contributed by atoms with Gasteiger partial charge in [-0.25, -0.2) is 9.10 Å². The average Bonchev–Trinajstić information content (AvgIpc) is 2.75. The lowest BCUT2D eigenvalue weighted by molar-refractivity contribution is -0.0123. The second-order valence-corrected chi connectivity index (χ2v) is 4.64. The molecular formula is C11H16N4O2S. The van der Waals surface area contributed by atoms with Crippen LogP contribution in [0.1, 0.15) is 11.6 Å². The van der Waals surface area contributed by atoms with Gasteiger partial charge in [0.15, 0.2) is 6.23 Å². The van der Waals surface area contributed by atoms with Crippen LogP contribution in [-0.4, -0.2) is 34.9 Å². The first kappa shape index (κ1) is 13.2. The molecule has 1 aromatic carbocycles. The molecule has 0 unspecified atom stereocenters. The lowest BCUT2D eigenvalue weighted by atomic mass is 10.1. The van der Waals surface area contributed by atoms with Crippen LogP contribution in [0, 0.1) is 0 Å². The summed E-state index contributed by atoms with van der Waals surface area (Å²) in [6, 6.07) is 9.53. The Balaban J connectivity index is 2.34. The molecule has 1 saturated heterocycles. The molecule has 1 fully saturated rings. The molecule has 3 N–H and O–H groups in total. The highest BCUT2D eigenvalue weighted by Gasteiger charge is 2.44. The fraction of sp³-hybridized carbons (Fsp3) is 0.364. The van der Waals surface area contributed by atoms with Crippen molar-refractivity contribution in [1.82, 2.24) is 14.8 Å². The fourth-order valence-corrected chi connectivity index (χ4v) is 2.60. The minimum absolute atomic E-state index is 0.199. The van der Waals surface area contributed by atoms with E-state index in [2.05, 4.69) is 5.53 Å². The first-order valence-corrected chi connectivity index (χ1v) is 6.65. The maximum Gasteiger partial charge on any atom is 0.422 e. The number of carbonyl (C=O) groups is 1. The van der Waals surface area contributed by atoms with E-state index in [0.717, 1.165) is 5.56 Å². The van der Waals surface area contributed by atoms with Crippen molar-refractivity contribution in [2.24, 2.45) is 5.84 Å². The summed E-state index contributed by atoms with van der Waals surface area (Å²) < 4.78 is 6.94. The summed E-state index contributed by atoms with van der Waals surface area (Å²) >= 11 is 1.34. The van der Waals surface area contributed by atoms with Crippen molar-refractivity contribution >= 4 is 18.0 Å². The highest BCUT2D eigenvalue weighted by molar-refractivity contribution is 7.96. The second-order valence-electron chi connectivity index (χ2n) is 3.88. The first-order chi connectivity index (χ1) is 8.69. The molecule has 0 spiro atoms. The van der Waals surface area contributed by atoms with E-state index in [4.69, 9.17) is 10.6 Å². The normalized spacial score (nSPS) is 23.6. The number of amides is 1. The molecule has 98 valence electrons. The van der Waals surface area contributed by atoms with Gasteiger partial charge in [0, 0.05) is 13.3 Å². The van der Waals surface area contributed by atoms with Gasteiger partial charge in [-0.1, -0.05) is 30.3 Å². The van der Waals surface area contributed by atoms with E-state index in [0.29, 0.717) is 0 Å². The summed E-state index contributed by atoms with van der Waals surface area (Å²) in [5, 5.41) is 1.58. The molecule has 2 atom stereocenters. The quantitative estimate of drug-likeness (QED) is 0.484. The molecule has 0 bridgehead atoms. The molecule has 7 heteroatoms. The Morgan fingerprint density at radius 3 is 2.67 bits per heavy atom.